The monoisotopic (exact) mass is 209 g/mol. The van der Waals surface area contributed by atoms with Crippen molar-refractivity contribution in [2.45, 2.75) is 26.8 Å². The summed E-state index contributed by atoms with van der Waals surface area (Å²) in [5.41, 5.74) is 8.00. The van der Waals surface area contributed by atoms with Crippen LogP contribution in [-0.2, 0) is 4.74 Å². The first-order valence-electron chi connectivity index (χ1n) is 5.21. The topological polar surface area (TPSA) is 44.5 Å². The number of benzene rings is 1. The van der Waals surface area contributed by atoms with Crippen LogP contribution in [0.25, 0.3) is 0 Å². The van der Waals surface area contributed by atoms with Gasteiger partial charge in [0.05, 0.1) is 0 Å². The van der Waals surface area contributed by atoms with Gasteiger partial charge in [0.25, 0.3) is 0 Å². The summed E-state index contributed by atoms with van der Waals surface area (Å²) in [6.07, 6.45) is 0. The fraction of sp³-hybridized carbons (Fsp3) is 0.500. The van der Waals surface area contributed by atoms with E-state index < -0.39 is 0 Å². The molecule has 15 heavy (non-hydrogen) atoms. The lowest BCUT2D eigenvalue weighted by Gasteiger charge is -2.11. The van der Waals surface area contributed by atoms with Gasteiger partial charge < -0.3 is 15.2 Å². The molecule has 0 unspecified atom stereocenters. The predicted octanol–water partition coefficient (Wildman–Crippen LogP) is 2.39. The Bertz CT molecular complexity index is 310. The molecule has 0 amide bonds. The summed E-state index contributed by atoms with van der Waals surface area (Å²) < 4.78 is 10.6. The Morgan fingerprint density at radius 3 is 2.67 bits per heavy atom. The first-order valence-corrected chi connectivity index (χ1v) is 5.21. The van der Waals surface area contributed by atoms with Crippen LogP contribution in [0.15, 0.2) is 18.2 Å². The summed E-state index contributed by atoms with van der Waals surface area (Å²) in [4.78, 5) is 0. The fourth-order valence-corrected chi connectivity index (χ4v) is 1.31. The molecule has 0 bridgehead atoms. The maximum absolute atomic E-state index is 5.79. The molecule has 0 spiro atoms. The Kier molecular flexibility index (Phi) is 4.59. The maximum atomic E-state index is 5.79. The maximum Gasteiger partial charge on any atom is 0.189 e. The molecule has 1 aromatic carbocycles. The number of ether oxygens (including phenoxy) is 2. The standard InChI is InChI=1S/C12H19NO2/c1-4-14-8-15-12-6-5-11(10(3)13)7-9(12)2/h5-7,10H,4,8,13H2,1-3H3/t10-/m1/s1. The van der Waals surface area contributed by atoms with Gasteiger partial charge in [0.1, 0.15) is 5.75 Å². The van der Waals surface area contributed by atoms with E-state index >= 15 is 0 Å². The quantitative estimate of drug-likeness (QED) is 0.598. The molecule has 84 valence electrons. The zero-order valence-corrected chi connectivity index (χ0v) is 9.62. The Morgan fingerprint density at radius 1 is 1.40 bits per heavy atom. The van der Waals surface area contributed by atoms with Crippen LogP contribution in [-0.4, -0.2) is 13.4 Å². The molecular weight excluding hydrogens is 190 g/mol. The summed E-state index contributed by atoms with van der Waals surface area (Å²) in [5, 5.41) is 0. The average molecular weight is 209 g/mol. The summed E-state index contributed by atoms with van der Waals surface area (Å²) in [7, 11) is 0. The van der Waals surface area contributed by atoms with Gasteiger partial charge in [-0.15, -0.1) is 0 Å². The Morgan fingerprint density at radius 2 is 2.13 bits per heavy atom. The van der Waals surface area contributed by atoms with Crippen LogP contribution >= 0.6 is 0 Å². The van der Waals surface area contributed by atoms with Crippen LogP contribution in [0.3, 0.4) is 0 Å². The van der Waals surface area contributed by atoms with Crippen molar-refractivity contribution in [3.8, 4) is 5.75 Å². The zero-order valence-electron chi connectivity index (χ0n) is 9.62. The summed E-state index contributed by atoms with van der Waals surface area (Å²) in [6.45, 7) is 6.88. The van der Waals surface area contributed by atoms with Gasteiger partial charge in [-0.3, -0.25) is 0 Å². The molecule has 0 heterocycles. The lowest BCUT2D eigenvalue weighted by atomic mass is 10.1. The van der Waals surface area contributed by atoms with Crippen LogP contribution in [0, 0.1) is 6.92 Å². The molecule has 0 aliphatic heterocycles. The molecule has 0 aromatic heterocycles. The third kappa shape index (κ3) is 3.53. The molecule has 2 N–H and O–H groups in total. The number of hydrogen-bond acceptors (Lipinski definition) is 3. The SMILES string of the molecule is CCOCOc1ccc([C@@H](C)N)cc1C. The van der Waals surface area contributed by atoms with E-state index in [9.17, 15) is 0 Å². The molecule has 0 aliphatic carbocycles. The predicted molar refractivity (Wildman–Crippen MR) is 60.9 cm³/mol. The van der Waals surface area contributed by atoms with Crippen molar-refractivity contribution in [2.75, 3.05) is 13.4 Å². The minimum atomic E-state index is 0.0599. The highest BCUT2D eigenvalue weighted by molar-refractivity contribution is 5.37. The van der Waals surface area contributed by atoms with Crippen molar-refractivity contribution in [3.05, 3.63) is 29.3 Å². The van der Waals surface area contributed by atoms with E-state index in [0.29, 0.717) is 13.4 Å². The van der Waals surface area contributed by atoms with E-state index in [1.807, 2.05) is 39.0 Å². The van der Waals surface area contributed by atoms with Crippen LogP contribution < -0.4 is 10.5 Å². The fourth-order valence-electron chi connectivity index (χ4n) is 1.31. The minimum absolute atomic E-state index is 0.0599. The molecule has 0 saturated carbocycles. The van der Waals surface area contributed by atoms with Crippen LogP contribution in [0.4, 0.5) is 0 Å². The molecule has 1 atom stereocenters. The Hall–Kier alpha value is -1.06. The van der Waals surface area contributed by atoms with Gasteiger partial charge in [-0.05, 0) is 38.0 Å². The van der Waals surface area contributed by atoms with E-state index in [4.69, 9.17) is 15.2 Å². The van der Waals surface area contributed by atoms with Crippen molar-refractivity contribution in [3.63, 3.8) is 0 Å². The third-order valence-corrected chi connectivity index (χ3v) is 2.23. The van der Waals surface area contributed by atoms with Crippen LogP contribution in [0.2, 0.25) is 0 Å². The van der Waals surface area contributed by atoms with Crippen LogP contribution in [0.5, 0.6) is 5.75 Å². The number of rotatable bonds is 5. The van der Waals surface area contributed by atoms with Crippen molar-refractivity contribution in [2.24, 2.45) is 5.73 Å². The van der Waals surface area contributed by atoms with Gasteiger partial charge in [0, 0.05) is 12.6 Å². The largest absolute Gasteiger partial charge is 0.467 e. The molecule has 3 nitrogen and oxygen atoms in total. The molecule has 1 rings (SSSR count). The molecule has 0 fully saturated rings. The van der Waals surface area contributed by atoms with Crippen molar-refractivity contribution in [1.29, 1.82) is 0 Å². The first kappa shape index (κ1) is 12.0. The van der Waals surface area contributed by atoms with Gasteiger partial charge in [-0.25, -0.2) is 0 Å². The van der Waals surface area contributed by atoms with Crippen molar-refractivity contribution in [1.82, 2.24) is 0 Å². The highest BCUT2D eigenvalue weighted by atomic mass is 16.7. The smallest absolute Gasteiger partial charge is 0.189 e. The lowest BCUT2D eigenvalue weighted by Crippen LogP contribution is -2.07. The van der Waals surface area contributed by atoms with Gasteiger partial charge in [0.2, 0.25) is 0 Å². The second-order valence-corrected chi connectivity index (χ2v) is 3.57. The second kappa shape index (κ2) is 5.73. The average Bonchev–Trinajstić information content (AvgIpc) is 2.20. The minimum Gasteiger partial charge on any atom is -0.467 e. The zero-order chi connectivity index (χ0) is 11.3. The third-order valence-electron chi connectivity index (χ3n) is 2.23. The number of hydrogen-bond donors (Lipinski definition) is 1. The summed E-state index contributed by atoms with van der Waals surface area (Å²) in [5.74, 6) is 0.854. The number of nitrogens with two attached hydrogens (primary N) is 1. The highest BCUT2D eigenvalue weighted by Gasteiger charge is 2.03. The van der Waals surface area contributed by atoms with E-state index in [1.165, 1.54) is 0 Å². The van der Waals surface area contributed by atoms with E-state index in [-0.39, 0.29) is 6.04 Å². The van der Waals surface area contributed by atoms with Gasteiger partial charge in [-0.2, -0.15) is 0 Å². The molecular formula is C12H19NO2. The van der Waals surface area contributed by atoms with Gasteiger partial charge in [0.15, 0.2) is 6.79 Å². The van der Waals surface area contributed by atoms with Crippen molar-refractivity contribution >= 4 is 0 Å². The molecule has 0 aliphatic rings. The van der Waals surface area contributed by atoms with Crippen molar-refractivity contribution < 1.29 is 9.47 Å². The van der Waals surface area contributed by atoms with E-state index in [1.54, 1.807) is 0 Å². The molecule has 0 saturated heterocycles. The number of aryl methyl sites for hydroxylation is 1. The normalized spacial score (nSPS) is 12.5. The van der Waals surface area contributed by atoms with Gasteiger partial charge >= 0.3 is 0 Å². The highest BCUT2D eigenvalue weighted by Crippen LogP contribution is 2.21. The summed E-state index contributed by atoms with van der Waals surface area (Å²) in [6, 6.07) is 6.03. The molecule has 1 aromatic rings. The lowest BCUT2D eigenvalue weighted by molar-refractivity contribution is 0.0220. The summed E-state index contributed by atoms with van der Waals surface area (Å²) >= 11 is 0. The first-order chi connectivity index (χ1) is 7.15. The second-order valence-electron chi connectivity index (χ2n) is 3.57. The van der Waals surface area contributed by atoms with E-state index in [2.05, 4.69) is 0 Å². The van der Waals surface area contributed by atoms with Crippen LogP contribution in [0.1, 0.15) is 31.0 Å². The van der Waals surface area contributed by atoms with Gasteiger partial charge in [-0.1, -0.05) is 12.1 Å². The molecule has 3 heteroatoms. The van der Waals surface area contributed by atoms with E-state index in [0.717, 1.165) is 16.9 Å². The Labute approximate surface area is 91.2 Å². The molecule has 0 radical (unpaired) electrons. The Balaban J connectivity index is 2.66.